The van der Waals surface area contributed by atoms with Gasteiger partial charge in [-0.1, -0.05) is 0 Å². The molecule has 0 bridgehead atoms. The van der Waals surface area contributed by atoms with Gasteiger partial charge in [0.15, 0.2) is 11.6 Å². The Hall–Kier alpha value is -1.17. The quantitative estimate of drug-likeness (QED) is 0.864. The molecule has 0 atom stereocenters. The van der Waals surface area contributed by atoms with Crippen LogP contribution in [-0.2, 0) is 11.2 Å². The zero-order valence-electron chi connectivity index (χ0n) is 10.2. The van der Waals surface area contributed by atoms with Crippen LogP contribution in [-0.4, -0.2) is 18.2 Å². The lowest BCUT2D eigenvalue weighted by atomic mass is 9.85. The van der Waals surface area contributed by atoms with Crippen molar-refractivity contribution >= 4 is 21.9 Å². The van der Waals surface area contributed by atoms with Crippen LogP contribution in [0.1, 0.15) is 19.4 Å². The topological polar surface area (TPSA) is 46.5 Å². The number of hydrogen-bond acceptors (Lipinski definition) is 2. The molecule has 0 unspecified atom stereocenters. The molecule has 0 aliphatic heterocycles. The average molecular weight is 323 g/mol. The van der Waals surface area contributed by atoms with E-state index >= 15 is 0 Å². The number of aliphatic carboxylic acids is 1. The van der Waals surface area contributed by atoms with Crippen molar-refractivity contribution in [3.8, 4) is 5.75 Å². The van der Waals surface area contributed by atoms with Gasteiger partial charge in [0.25, 0.3) is 0 Å². The van der Waals surface area contributed by atoms with Crippen LogP contribution >= 0.6 is 15.9 Å². The van der Waals surface area contributed by atoms with Crippen molar-refractivity contribution in [2.24, 2.45) is 5.41 Å². The van der Waals surface area contributed by atoms with Crippen LogP contribution in [0.4, 0.5) is 8.78 Å². The normalized spacial score (nSPS) is 11.4. The molecule has 1 aromatic rings. The van der Waals surface area contributed by atoms with Crippen molar-refractivity contribution < 1.29 is 23.4 Å². The Morgan fingerprint density at radius 2 is 2.00 bits per heavy atom. The van der Waals surface area contributed by atoms with E-state index in [1.807, 2.05) is 0 Å². The highest BCUT2D eigenvalue weighted by atomic mass is 79.9. The lowest BCUT2D eigenvalue weighted by molar-refractivity contribution is -0.146. The first-order valence-corrected chi connectivity index (χ1v) is 5.93. The van der Waals surface area contributed by atoms with Crippen LogP contribution in [0.5, 0.6) is 5.75 Å². The molecule has 1 rings (SSSR count). The summed E-state index contributed by atoms with van der Waals surface area (Å²) in [6.45, 7) is 3.01. The van der Waals surface area contributed by atoms with Gasteiger partial charge in [-0.3, -0.25) is 4.79 Å². The van der Waals surface area contributed by atoms with Crippen LogP contribution < -0.4 is 4.74 Å². The second kappa shape index (κ2) is 5.22. The van der Waals surface area contributed by atoms with Crippen LogP contribution in [0, 0.1) is 17.0 Å². The minimum atomic E-state index is -1.12. The number of carboxylic acids is 1. The Balaban J connectivity index is 3.29. The predicted molar refractivity (Wildman–Crippen MR) is 65.7 cm³/mol. The Morgan fingerprint density at radius 1 is 1.44 bits per heavy atom. The summed E-state index contributed by atoms with van der Waals surface area (Å²) in [5.41, 5.74) is -0.799. The monoisotopic (exact) mass is 322 g/mol. The summed E-state index contributed by atoms with van der Waals surface area (Å²) in [6.07, 6.45) is 0.0291. The molecule has 0 saturated heterocycles. The van der Waals surface area contributed by atoms with Crippen molar-refractivity contribution in [2.75, 3.05) is 7.11 Å². The number of carboxylic acid groups (broad SMARTS) is 1. The van der Waals surface area contributed by atoms with Gasteiger partial charge >= 0.3 is 5.97 Å². The van der Waals surface area contributed by atoms with Crippen LogP contribution in [0.25, 0.3) is 0 Å². The summed E-state index contributed by atoms with van der Waals surface area (Å²) >= 11 is 2.89. The fraction of sp³-hybridized carbons (Fsp3) is 0.417. The molecule has 18 heavy (non-hydrogen) atoms. The third-order valence-electron chi connectivity index (χ3n) is 2.61. The van der Waals surface area contributed by atoms with E-state index in [4.69, 9.17) is 9.84 Å². The van der Waals surface area contributed by atoms with Crippen molar-refractivity contribution in [3.63, 3.8) is 0 Å². The summed E-state index contributed by atoms with van der Waals surface area (Å²) in [5.74, 6) is -3.46. The summed E-state index contributed by atoms with van der Waals surface area (Å²) in [5, 5.41) is 9.04. The van der Waals surface area contributed by atoms with Gasteiger partial charge in [-0.15, -0.1) is 0 Å². The fourth-order valence-electron chi connectivity index (χ4n) is 1.53. The summed E-state index contributed by atoms with van der Waals surface area (Å²) in [7, 11) is 1.21. The molecule has 0 aromatic heterocycles. The lowest BCUT2D eigenvalue weighted by Gasteiger charge is -2.21. The third kappa shape index (κ3) is 2.80. The molecule has 0 aliphatic rings. The number of halogens is 3. The van der Waals surface area contributed by atoms with Gasteiger partial charge in [-0.2, -0.15) is 4.39 Å². The number of hydrogen-bond donors (Lipinski definition) is 1. The molecule has 0 amide bonds. The van der Waals surface area contributed by atoms with Crippen molar-refractivity contribution in [1.29, 1.82) is 0 Å². The van der Waals surface area contributed by atoms with E-state index in [9.17, 15) is 13.6 Å². The van der Waals surface area contributed by atoms with Gasteiger partial charge < -0.3 is 9.84 Å². The van der Waals surface area contributed by atoms with E-state index in [1.165, 1.54) is 27.0 Å². The van der Waals surface area contributed by atoms with Crippen molar-refractivity contribution in [2.45, 2.75) is 20.3 Å². The minimum Gasteiger partial charge on any atom is -0.493 e. The number of ether oxygens (including phenoxy) is 1. The number of benzene rings is 1. The van der Waals surface area contributed by atoms with E-state index in [-0.39, 0.29) is 16.6 Å². The SMILES string of the molecule is COc1c(CC(C)(C)C(=O)O)cc(Br)c(F)c1F. The Morgan fingerprint density at radius 3 is 2.44 bits per heavy atom. The highest BCUT2D eigenvalue weighted by Gasteiger charge is 2.30. The summed E-state index contributed by atoms with van der Waals surface area (Å²) in [6, 6.07) is 1.34. The lowest BCUT2D eigenvalue weighted by Crippen LogP contribution is -2.26. The van der Waals surface area contributed by atoms with Crippen molar-refractivity contribution in [3.05, 3.63) is 27.7 Å². The van der Waals surface area contributed by atoms with Gasteiger partial charge in [0, 0.05) is 0 Å². The highest BCUT2D eigenvalue weighted by Crippen LogP contribution is 2.34. The second-order valence-electron chi connectivity index (χ2n) is 4.54. The second-order valence-corrected chi connectivity index (χ2v) is 5.40. The average Bonchev–Trinajstić information content (AvgIpc) is 2.26. The molecule has 6 heteroatoms. The van der Waals surface area contributed by atoms with E-state index < -0.39 is 23.0 Å². The Kier molecular flexibility index (Phi) is 4.32. The molecular weight excluding hydrogens is 310 g/mol. The van der Waals surface area contributed by atoms with Gasteiger partial charge in [-0.25, -0.2) is 4.39 Å². The first-order valence-electron chi connectivity index (χ1n) is 5.14. The number of rotatable bonds is 4. The third-order valence-corrected chi connectivity index (χ3v) is 3.19. The standard InChI is InChI=1S/C12H13BrF2O3/c1-12(2,11(16)17)5-6-4-7(13)8(14)9(15)10(6)18-3/h4H,5H2,1-3H3,(H,16,17). The number of methoxy groups -OCH3 is 1. The zero-order valence-corrected chi connectivity index (χ0v) is 11.8. The maximum absolute atomic E-state index is 13.6. The smallest absolute Gasteiger partial charge is 0.309 e. The summed E-state index contributed by atoms with van der Waals surface area (Å²) < 4.78 is 31.7. The summed E-state index contributed by atoms with van der Waals surface area (Å²) in [4.78, 5) is 11.0. The van der Waals surface area contributed by atoms with Gasteiger partial charge in [0.1, 0.15) is 0 Å². The van der Waals surface area contributed by atoms with E-state index in [0.29, 0.717) is 5.56 Å². The minimum absolute atomic E-state index is 0.0291. The molecule has 3 nitrogen and oxygen atoms in total. The molecule has 0 fully saturated rings. The molecule has 0 heterocycles. The molecule has 1 aromatic carbocycles. The van der Waals surface area contributed by atoms with Gasteiger partial charge in [0.2, 0.25) is 5.82 Å². The molecule has 0 aliphatic carbocycles. The molecule has 1 N–H and O–H groups in total. The Bertz CT molecular complexity index is 487. The largest absolute Gasteiger partial charge is 0.493 e. The highest BCUT2D eigenvalue weighted by molar-refractivity contribution is 9.10. The Labute approximate surface area is 112 Å². The molecular formula is C12H13BrF2O3. The molecule has 0 radical (unpaired) electrons. The first kappa shape index (κ1) is 14.9. The maximum Gasteiger partial charge on any atom is 0.309 e. The van der Waals surface area contributed by atoms with Gasteiger partial charge in [0.05, 0.1) is 17.0 Å². The van der Waals surface area contributed by atoms with E-state index in [1.54, 1.807) is 0 Å². The number of carbonyl (C=O) groups is 1. The molecule has 100 valence electrons. The van der Waals surface area contributed by atoms with Crippen LogP contribution in [0.2, 0.25) is 0 Å². The van der Waals surface area contributed by atoms with Crippen LogP contribution in [0.15, 0.2) is 10.5 Å². The molecule has 0 spiro atoms. The predicted octanol–water partition coefficient (Wildman–Crippen LogP) is 3.39. The van der Waals surface area contributed by atoms with Gasteiger partial charge in [-0.05, 0) is 47.8 Å². The van der Waals surface area contributed by atoms with E-state index in [0.717, 1.165) is 0 Å². The fourth-order valence-corrected chi connectivity index (χ4v) is 1.98. The maximum atomic E-state index is 13.6. The van der Waals surface area contributed by atoms with Crippen molar-refractivity contribution in [1.82, 2.24) is 0 Å². The first-order chi connectivity index (χ1) is 8.20. The zero-order chi connectivity index (χ0) is 14.1. The molecule has 0 saturated carbocycles. The van der Waals surface area contributed by atoms with E-state index in [2.05, 4.69) is 15.9 Å². The van der Waals surface area contributed by atoms with Crippen LogP contribution in [0.3, 0.4) is 0 Å².